The molecule has 0 saturated heterocycles. The number of aliphatic hydroxyl groups is 1. The second-order valence-corrected chi connectivity index (χ2v) is 13.9. The van der Waals surface area contributed by atoms with Gasteiger partial charge in [-0.25, -0.2) is 14.6 Å². The molecule has 0 radical (unpaired) electrons. The minimum absolute atomic E-state index is 0.0747. The predicted molar refractivity (Wildman–Crippen MR) is 154 cm³/mol. The third kappa shape index (κ3) is 13.1. The van der Waals surface area contributed by atoms with Crippen molar-refractivity contribution in [3.05, 3.63) is 49.9 Å². The monoisotopic (exact) mass is 661 g/mol. The number of rotatable bonds is 8. The third-order valence-electron chi connectivity index (χ3n) is 5.04. The van der Waals surface area contributed by atoms with Crippen molar-refractivity contribution < 1.29 is 37.3 Å². The van der Waals surface area contributed by atoms with Gasteiger partial charge in [-0.3, -0.25) is 0 Å². The molecule has 2 aromatic rings. The number of hydrogen-bond acceptors (Lipinski definition) is 7. The molecule has 1 aromatic heterocycles. The Morgan fingerprint density at radius 1 is 1.05 bits per heavy atom. The van der Waals surface area contributed by atoms with E-state index in [1.54, 1.807) is 48.5 Å². The van der Waals surface area contributed by atoms with Gasteiger partial charge in [-0.15, -0.1) is 11.3 Å². The predicted octanol–water partition coefficient (Wildman–Crippen LogP) is 6.23. The van der Waals surface area contributed by atoms with Crippen molar-refractivity contribution in [2.45, 2.75) is 90.3 Å². The molecule has 41 heavy (non-hydrogen) atoms. The van der Waals surface area contributed by atoms with E-state index in [9.17, 15) is 27.9 Å². The fourth-order valence-electron chi connectivity index (χ4n) is 3.36. The van der Waals surface area contributed by atoms with Gasteiger partial charge in [-0.2, -0.15) is 13.2 Å². The van der Waals surface area contributed by atoms with E-state index in [4.69, 9.17) is 9.47 Å². The van der Waals surface area contributed by atoms with E-state index in [1.807, 2.05) is 0 Å². The fraction of sp³-hybridized carbons (Fsp3) is 0.536. The van der Waals surface area contributed by atoms with E-state index in [2.05, 4.69) is 43.4 Å². The maximum atomic E-state index is 12.9. The first-order valence-corrected chi connectivity index (χ1v) is 14.3. The Balaban J connectivity index is 2.06. The van der Waals surface area contributed by atoms with Gasteiger partial charge in [0.25, 0.3) is 0 Å². The summed E-state index contributed by atoms with van der Waals surface area (Å²) in [5.74, 6) is 5.53. The molecule has 1 heterocycles. The lowest BCUT2D eigenvalue weighted by Crippen LogP contribution is -2.47. The summed E-state index contributed by atoms with van der Waals surface area (Å²) in [7, 11) is 0. The zero-order valence-corrected chi connectivity index (χ0v) is 26.4. The molecule has 0 fully saturated rings. The molecule has 3 N–H and O–H groups in total. The van der Waals surface area contributed by atoms with Gasteiger partial charge in [-0.1, -0.05) is 18.1 Å². The highest BCUT2D eigenvalue weighted by Crippen LogP contribution is 2.30. The summed E-state index contributed by atoms with van der Waals surface area (Å²) in [5, 5.41) is 15.8. The van der Waals surface area contributed by atoms with Crippen molar-refractivity contribution in [1.82, 2.24) is 15.6 Å². The Labute approximate surface area is 250 Å². The van der Waals surface area contributed by atoms with Crippen LogP contribution in [-0.2, 0) is 28.5 Å². The zero-order chi connectivity index (χ0) is 31.2. The Morgan fingerprint density at radius 3 is 2.20 bits per heavy atom. The van der Waals surface area contributed by atoms with Gasteiger partial charge in [0.05, 0.1) is 16.6 Å². The van der Waals surface area contributed by atoms with Crippen LogP contribution < -0.4 is 10.6 Å². The SMILES string of the molecule is CC(C)(O)C#Cc1nc(CC(C)(C)OC(=O)NC[C@H](Cc2ccc(C(F)(F)F)cc2)NC(=O)OC(C)(C)C)sc1Br. The number of alkyl halides is 3. The van der Waals surface area contributed by atoms with E-state index in [-0.39, 0.29) is 19.4 Å². The number of nitrogens with one attached hydrogen (secondary N) is 2. The normalized spacial score (nSPS) is 13.1. The van der Waals surface area contributed by atoms with Crippen LogP contribution in [0, 0.1) is 11.8 Å². The molecule has 226 valence electrons. The molecule has 0 bridgehead atoms. The van der Waals surface area contributed by atoms with Gasteiger partial charge in [0.2, 0.25) is 0 Å². The number of ether oxygens (including phenoxy) is 2. The molecular weight excluding hydrogens is 627 g/mol. The second kappa shape index (κ2) is 13.4. The topological polar surface area (TPSA) is 110 Å². The first-order valence-electron chi connectivity index (χ1n) is 12.7. The van der Waals surface area contributed by atoms with Crippen molar-refractivity contribution in [3.63, 3.8) is 0 Å². The van der Waals surface area contributed by atoms with E-state index in [0.29, 0.717) is 20.1 Å². The molecule has 0 aliphatic rings. The number of thiazole rings is 1. The number of alkyl carbamates (subject to hydrolysis) is 2. The average molecular weight is 663 g/mol. The maximum absolute atomic E-state index is 12.9. The lowest BCUT2D eigenvalue weighted by Gasteiger charge is -2.26. The van der Waals surface area contributed by atoms with Gasteiger partial charge in [0.1, 0.15) is 26.3 Å². The number of carbonyl (C=O) groups excluding carboxylic acids is 2. The Kier molecular flexibility index (Phi) is 11.3. The van der Waals surface area contributed by atoms with Gasteiger partial charge in [0.15, 0.2) is 0 Å². The van der Waals surface area contributed by atoms with Crippen LogP contribution in [0.1, 0.15) is 70.3 Å². The van der Waals surface area contributed by atoms with Crippen LogP contribution in [0.25, 0.3) is 0 Å². The molecule has 0 aliphatic heterocycles. The standard InChI is InChI=1S/C28H35BrF3N3O5S/c1-25(2,3)39-24(37)34-19(14-17-8-10-18(11-9-17)28(30,31)32)16-33-23(36)40-27(6,7)15-21-35-20(22(29)41-21)12-13-26(4,5)38/h8-11,19,38H,14-16H2,1-7H3,(H,33,36)(H,34,37)/t19-/m0/s1. The molecule has 2 rings (SSSR count). The van der Waals surface area contributed by atoms with Gasteiger partial charge in [-0.05, 0) is 94.4 Å². The molecule has 2 amide bonds. The summed E-state index contributed by atoms with van der Waals surface area (Å²) in [6.07, 6.45) is -5.55. The van der Waals surface area contributed by atoms with Crippen molar-refractivity contribution >= 4 is 39.5 Å². The summed E-state index contributed by atoms with van der Waals surface area (Å²) in [6.45, 7) is 11.6. The van der Waals surface area contributed by atoms with Gasteiger partial charge >= 0.3 is 18.4 Å². The van der Waals surface area contributed by atoms with Crippen molar-refractivity contribution in [1.29, 1.82) is 0 Å². The second-order valence-electron chi connectivity index (χ2n) is 11.5. The summed E-state index contributed by atoms with van der Waals surface area (Å²) in [4.78, 5) is 29.5. The smallest absolute Gasteiger partial charge is 0.416 e. The van der Waals surface area contributed by atoms with E-state index < -0.39 is 46.8 Å². The Hall–Kier alpha value is -2.82. The fourth-order valence-corrected chi connectivity index (χ4v) is 5.07. The van der Waals surface area contributed by atoms with Gasteiger partial charge in [0, 0.05) is 13.0 Å². The van der Waals surface area contributed by atoms with Crippen LogP contribution in [0.4, 0.5) is 22.8 Å². The van der Waals surface area contributed by atoms with Crippen LogP contribution in [0.2, 0.25) is 0 Å². The minimum Gasteiger partial charge on any atom is -0.444 e. The highest BCUT2D eigenvalue weighted by Gasteiger charge is 2.30. The molecule has 0 aliphatic carbocycles. The number of benzene rings is 1. The lowest BCUT2D eigenvalue weighted by atomic mass is 10.0. The van der Waals surface area contributed by atoms with Crippen LogP contribution >= 0.6 is 27.3 Å². The van der Waals surface area contributed by atoms with E-state index in [0.717, 1.165) is 12.1 Å². The first-order chi connectivity index (χ1) is 18.6. The zero-order valence-electron chi connectivity index (χ0n) is 24.0. The van der Waals surface area contributed by atoms with E-state index >= 15 is 0 Å². The molecule has 13 heteroatoms. The number of amides is 2. The number of aromatic nitrogens is 1. The average Bonchev–Trinajstić information content (AvgIpc) is 3.11. The quantitative estimate of drug-likeness (QED) is 0.290. The summed E-state index contributed by atoms with van der Waals surface area (Å²) in [5.41, 5.74) is -2.72. The van der Waals surface area contributed by atoms with Crippen molar-refractivity contribution in [2.24, 2.45) is 0 Å². The van der Waals surface area contributed by atoms with Crippen LogP contribution in [0.3, 0.4) is 0 Å². The maximum Gasteiger partial charge on any atom is 0.416 e. The molecule has 0 saturated carbocycles. The Bertz CT molecular complexity index is 1270. The van der Waals surface area contributed by atoms with E-state index in [1.165, 1.54) is 23.5 Å². The molecule has 1 atom stereocenters. The molecule has 1 aromatic carbocycles. The minimum atomic E-state index is -4.47. The van der Waals surface area contributed by atoms with Crippen LogP contribution in [0.5, 0.6) is 0 Å². The van der Waals surface area contributed by atoms with Crippen molar-refractivity contribution in [3.8, 4) is 11.8 Å². The molecular formula is C28H35BrF3N3O5S. The summed E-state index contributed by atoms with van der Waals surface area (Å²) in [6, 6.07) is 3.86. The number of hydrogen-bond donors (Lipinski definition) is 3. The largest absolute Gasteiger partial charge is 0.444 e. The molecule has 8 nitrogen and oxygen atoms in total. The molecule has 0 unspecified atom stereocenters. The van der Waals surface area contributed by atoms with Crippen LogP contribution in [-0.4, -0.2) is 51.7 Å². The first kappa shape index (κ1) is 34.4. The van der Waals surface area contributed by atoms with Crippen molar-refractivity contribution in [2.75, 3.05) is 6.54 Å². The van der Waals surface area contributed by atoms with Crippen LogP contribution in [0.15, 0.2) is 28.1 Å². The van der Waals surface area contributed by atoms with Gasteiger partial charge < -0.3 is 25.2 Å². The summed E-state index contributed by atoms with van der Waals surface area (Å²) >= 11 is 4.74. The highest BCUT2D eigenvalue weighted by molar-refractivity contribution is 9.11. The Morgan fingerprint density at radius 2 is 1.66 bits per heavy atom. The number of halogens is 4. The lowest BCUT2D eigenvalue weighted by molar-refractivity contribution is -0.137. The number of nitrogens with zero attached hydrogens (tertiary/aromatic N) is 1. The molecule has 0 spiro atoms. The highest BCUT2D eigenvalue weighted by atomic mass is 79.9. The summed E-state index contributed by atoms with van der Waals surface area (Å²) < 4.78 is 50.4. The third-order valence-corrected chi connectivity index (χ3v) is 6.74. The number of carbonyl (C=O) groups is 2.